The van der Waals surface area contributed by atoms with E-state index in [1.807, 2.05) is 74.5 Å². The lowest BCUT2D eigenvalue weighted by molar-refractivity contribution is -0.117. The summed E-state index contributed by atoms with van der Waals surface area (Å²) in [7, 11) is 0. The highest BCUT2D eigenvalue weighted by atomic mass is 16.3. The van der Waals surface area contributed by atoms with Gasteiger partial charge in [-0.05, 0) is 37.6 Å². The van der Waals surface area contributed by atoms with Crippen molar-refractivity contribution in [3.05, 3.63) is 90.4 Å². The maximum Gasteiger partial charge on any atom is 0.290 e. The number of nitrogens with zero attached hydrogens (tertiary/aromatic N) is 3. The summed E-state index contributed by atoms with van der Waals surface area (Å²) in [6, 6.07) is 22.8. The lowest BCUT2D eigenvalue weighted by Crippen LogP contribution is -2.38. The van der Waals surface area contributed by atoms with Gasteiger partial charge < -0.3 is 14.6 Å². The summed E-state index contributed by atoms with van der Waals surface area (Å²) >= 11 is 0. The van der Waals surface area contributed by atoms with Crippen LogP contribution in [0.2, 0.25) is 0 Å². The van der Waals surface area contributed by atoms with Crippen LogP contribution in [0, 0.1) is 6.92 Å². The number of nitrogens with one attached hydrogen (secondary N) is 1. The van der Waals surface area contributed by atoms with E-state index in [1.54, 1.807) is 16.8 Å². The Bertz CT molecular complexity index is 1230. The molecule has 7 heteroatoms. The van der Waals surface area contributed by atoms with Crippen molar-refractivity contribution in [1.82, 2.24) is 14.7 Å². The number of carbonyl (C=O) groups excluding carboxylic acids is 2. The summed E-state index contributed by atoms with van der Waals surface area (Å²) in [4.78, 5) is 27.4. The van der Waals surface area contributed by atoms with Crippen molar-refractivity contribution < 1.29 is 14.0 Å². The topological polar surface area (TPSA) is 80.4 Å². The lowest BCUT2D eigenvalue weighted by atomic mass is 10.1. The molecule has 0 aliphatic heterocycles. The minimum atomic E-state index is -0.302. The number of unbranched alkanes of at least 4 members (excludes halogenated alkanes) is 1. The molecule has 4 rings (SSSR count). The number of furan rings is 1. The molecule has 2 amide bonds. The monoisotopic (exact) mass is 456 g/mol. The Balaban J connectivity index is 1.59. The zero-order valence-corrected chi connectivity index (χ0v) is 19.4. The van der Waals surface area contributed by atoms with Crippen LogP contribution in [0.15, 0.2) is 83.5 Å². The van der Waals surface area contributed by atoms with E-state index in [9.17, 15) is 9.59 Å². The fourth-order valence-corrected chi connectivity index (χ4v) is 3.62. The number of rotatable bonds is 9. The molecule has 2 aromatic carbocycles. The van der Waals surface area contributed by atoms with Gasteiger partial charge in [0.25, 0.3) is 5.91 Å². The number of hydrogen-bond acceptors (Lipinski definition) is 4. The van der Waals surface area contributed by atoms with Crippen LogP contribution < -0.4 is 5.32 Å². The molecule has 4 aromatic rings. The van der Waals surface area contributed by atoms with Crippen molar-refractivity contribution in [1.29, 1.82) is 0 Å². The molecule has 34 heavy (non-hydrogen) atoms. The second kappa shape index (κ2) is 10.7. The van der Waals surface area contributed by atoms with Crippen LogP contribution in [0.5, 0.6) is 0 Å². The molecule has 7 nitrogen and oxygen atoms in total. The third kappa shape index (κ3) is 5.43. The number of carbonyl (C=O) groups is 2. The summed E-state index contributed by atoms with van der Waals surface area (Å²) in [5.41, 5.74) is 3.65. The number of benzene rings is 2. The Labute approximate surface area is 199 Å². The van der Waals surface area contributed by atoms with Crippen molar-refractivity contribution >= 4 is 17.6 Å². The molecule has 2 heterocycles. The molecule has 0 saturated heterocycles. The minimum Gasteiger partial charge on any atom is -0.459 e. The number of amides is 2. The Kier molecular flexibility index (Phi) is 7.22. The van der Waals surface area contributed by atoms with E-state index in [1.165, 1.54) is 11.2 Å². The summed E-state index contributed by atoms with van der Waals surface area (Å²) in [5, 5.41) is 7.70. The normalized spacial score (nSPS) is 10.8. The fourth-order valence-electron chi connectivity index (χ4n) is 3.62. The highest BCUT2D eigenvalue weighted by Gasteiger charge is 2.22. The van der Waals surface area contributed by atoms with Crippen molar-refractivity contribution in [2.24, 2.45) is 0 Å². The largest absolute Gasteiger partial charge is 0.459 e. The second-order valence-corrected chi connectivity index (χ2v) is 8.13. The zero-order chi connectivity index (χ0) is 23.9. The predicted molar refractivity (Wildman–Crippen MR) is 132 cm³/mol. The molecule has 0 spiro atoms. The maximum absolute atomic E-state index is 13.1. The molecule has 0 bridgehead atoms. The highest BCUT2D eigenvalue weighted by Crippen LogP contribution is 2.25. The van der Waals surface area contributed by atoms with E-state index >= 15 is 0 Å². The Morgan fingerprint density at radius 2 is 1.79 bits per heavy atom. The third-order valence-corrected chi connectivity index (χ3v) is 5.46. The second-order valence-electron chi connectivity index (χ2n) is 8.13. The first-order chi connectivity index (χ1) is 16.5. The van der Waals surface area contributed by atoms with E-state index in [-0.39, 0.29) is 24.1 Å². The first-order valence-corrected chi connectivity index (χ1v) is 11.4. The first-order valence-electron chi connectivity index (χ1n) is 11.4. The number of aromatic nitrogens is 2. The van der Waals surface area contributed by atoms with Gasteiger partial charge in [0.05, 0.1) is 17.6 Å². The zero-order valence-electron chi connectivity index (χ0n) is 19.4. The molecular weight excluding hydrogens is 428 g/mol. The van der Waals surface area contributed by atoms with Crippen LogP contribution in [0.25, 0.3) is 16.9 Å². The van der Waals surface area contributed by atoms with Crippen molar-refractivity contribution in [3.63, 3.8) is 0 Å². The predicted octanol–water partition coefficient (Wildman–Crippen LogP) is 5.32. The van der Waals surface area contributed by atoms with Crippen LogP contribution in [-0.4, -0.2) is 39.6 Å². The van der Waals surface area contributed by atoms with Crippen molar-refractivity contribution in [3.8, 4) is 16.9 Å². The summed E-state index contributed by atoms with van der Waals surface area (Å²) in [5.74, 6) is 0.156. The van der Waals surface area contributed by atoms with Gasteiger partial charge in [-0.3, -0.25) is 9.59 Å². The SMILES string of the molecule is CCCCN(CC(=O)Nc1cc(-c2ccccc2)nn1-c1ccc(C)cc1)C(=O)c1ccco1. The highest BCUT2D eigenvalue weighted by molar-refractivity contribution is 5.98. The molecule has 0 radical (unpaired) electrons. The summed E-state index contributed by atoms with van der Waals surface area (Å²) in [6.45, 7) is 4.45. The number of hydrogen-bond donors (Lipinski definition) is 1. The van der Waals surface area contributed by atoms with Crippen molar-refractivity contribution in [2.45, 2.75) is 26.7 Å². The minimum absolute atomic E-state index is 0.0840. The van der Waals surface area contributed by atoms with Crippen LogP contribution in [-0.2, 0) is 4.79 Å². The molecule has 0 saturated carbocycles. The Hall–Kier alpha value is -4.13. The molecule has 2 aromatic heterocycles. The molecule has 174 valence electrons. The molecule has 0 atom stereocenters. The molecular formula is C27H28N4O3. The van der Waals surface area contributed by atoms with Gasteiger partial charge in [-0.1, -0.05) is 61.4 Å². The van der Waals surface area contributed by atoms with Gasteiger partial charge in [-0.25, -0.2) is 4.68 Å². The van der Waals surface area contributed by atoms with Gasteiger partial charge in [0, 0.05) is 18.2 Å². The van der Waals surface area contributed by atoms with Crippen LogP contribution in [0.1, 0.15) is 35.9 Å². The summed E-state index contributed by atoms with van der Waals surface area (Å²) < 4.78 is 6.97. The number of aryl methyl sites for hydroxylation is 1. The molecule has 0 aliphatic rings. The fraction of sp³-hybridized carbons (Fsp3) is 0.222. The van der Waals surface area contributed by atoms with Crippen molar-refractivity contribution in [2.75, 3.05) is 18.4 Å². The van der Waals surface area contributed by atoms with Gasteiger partial charge in [-0.2, -0.15) is 5.10 Å². The molecule has 0 unspecified atom stereocenters. The average molecular weight is 457 g/mol. The quantitative estimate of drug-likeness (QED) is 0.370. The van der Waals surface area contributed by atoms with Crippen LogP contribution >= 0.6 is 0 Å². The van der Waals surface area contributed by atoms with E-state index in [0.29, 0.717) is 12.4 Å². The van der Waals surface area contributed by atoms with E-state index in [4.69, 9.17) is 9.52 Å². The van der Waals surface area contributed by atoms with Gasteiger partial charge in [0.1, 0.15) is 12.4 Å². The first kappa shape index (κ1) is 23.0. The van der Waals surface area contributed by atoms with E-state index < -0.39 is 0 Å². The van der Waals surface area contributed by atoms with Crippen LogP contribution in [0.4, 0.5) is 5.82 Å². The maximum atomic E-state index is 13.1. The van der Waals surface area contributed by atoms with Gasteiger partial charge in [0.15, 0.2) is 5.76 Å². The third-order valence-electron chi connectivity index (χ3n) is 5.46. The summed E-state index contributed by atoms with van der Waals surface area (Å²) in [6.07, 6.45) is 3.15. The Morgan fingerprint density at radius 1 is 1.03 bits per heavy atom. The van der Waals surface area contributed by atoms with Gasteiger partial charge in [-0.15, -0.1) is 0 Å². The standard InChI is InChI=1S/C27H28N4O3/c1-3-4-16-30(27(33)24-11-8-17-34-24)19-26(32)28-25-18-23(21-9-6-5-7-10-21)29-31(25)22-14-12-20(2)13-15-22/h5-15,17-18H,3-4,16,19H2,1-2H3,(H,28,32). The lowest BCUT2D eigenvalue weighted by Gasteiger charge is -2.21. The molecule has 1 N–H and O–H groups in total. The average Bonchev–Trinajstić information content (AvgIpc) is 3.53. The van der Waals surface area contributed by atoms with E-state index in [2.05, 4.69) is 5.32 Å². The van der Waals surface area contributed by atoms with Crippen LogP contribution in [0.3, 0.4) is 0 Å². The molecule has 0 aliphatic carbocycles. The van der Waals surface area contributed by atoms with Gasteiger partial charge in [0.2, 0.25) is 5.91 Å². The smallest absolute Gasteiger partial charge is 0.290 e. The number of anilines is 1. The van der Waals surface area contributed by atoms with E-state index in [0.717, 1.165) is 35.3 Å². The Morgan fingerprint density at radius 3 is 2.47 bits per heavy atom. The molecule has 0 fully saturated rings. The van der Waals surface area contributed by atoms with Gasteiger partial charge >= 0.3 is 0 Å².